The van der Waals surface area contributed by atoms with Gasteiger partial charge >= 0.3 is 0 Å². The number of nitrogens with zero attached hydrogens (tertiary/aromatic N) is 1. The molecule has 0 spiro atoms. The zero-order chi connectivity index (χ0) is 9.80. The van der Waals surface area contributed by atoms with Crippen molar-refractivity contribution in [3.8, 4) is 0 Å². The highest BCUT2D eigenvalue weighted by Crippen LogP contribution is 2.26. The molecule has 1 aliphatic heterocycles. The summed E-state index contributed by atoms with van der Waals surface area (Å²) in [5.74, 6) is 0. The van der Waals surface area contributed by atoms with E-state index in [9.17, 15) is 0 Å². The minimum Gasteiger partial charge on any atom is -0.246 e. The van der Waals surface area contributed by atoms with E-state index in [0.717, 1.165) is 4.47 Å². The smallest absolute Gasteiger partial charge is 0.0231 e. The lowest BCUT2D eigenvalue weighted by molar-refractivity contribution is 0.380. The minimum atomic E-state index is 1.15. The molecule has 0 saturated carbocycles. The molecule has 1 aromatic rings. The van der Waals surface area contributed by atoms with Crippen LogP contribution in [0.2, 0.25) is 0 Å². The van der Waals surface area contributed by atoms with E-state index in [-0.39, 0.29) is 0 Å². The Hall–Kier alpha value is 0.01000. The molecule has 0 amide bonds. The van der Waals surface area contributed by atoms with Gasteiger partial charge in [0, 0.05) is 22.5 Å². The van der Waals surface area contributed by atoms with Crippen LogP contribution in [0.15, 0.2) is 33.6 Å². The van der Waals surface area contributed by atoms with Gasteiger partial charge in [0.1, 0.15) is 0 Å². The van der Waals surface area contributed by atoms with Crippen LogP contribution in [0.25, 0.3) is 0 Å². The third-order valence-electron chi connectivity index (χ3n) is 2.36. The van der Waals surface area contributed by atoms with Crippen molar-refractivity contribution in [2.75, 3.05) is 13.1 Å². The van der Waals surface area contributed by atoms with Gasteiger partial charge in [0.15, 0.2) is 0 Å². The lowest BCUT2D eigenvalue weighted by Crippen LogP contribution is -2.22. The summed E-state index contributed by atoms with van der Waals surface area (Å²) in [6.45, 7) is 2.47. The van der Waals surface area contributed by atoms with Gasteiger partial charge in [-0.05, 0) is 49.1 Å². The summed E-state index contributed by atoms with van der Waals surface area (Å²) in [6.07, 6.45) is 4.10. The summed E-state index contributed by atoms with van der Waals surface area (Å²) in [6, 6.07) is 8.55. The Morgan fingerprint density at radius 3 is 2.29 bits per heavy atom. The van der Waals surface area contributed by atoms with Crippen LogP contribution >= 0.6 is 27.9 Å². The molecule has 2 rings (SSSR count). The van der Waals surface area contributed by atoms with Crippen molar-refractivity contribution in [3.05, 3.63) is 28.7 Å². The van der Waals surface area contributed by atoms with Crippen LogP contribution in [0.1, 0.15) is 19.3 Å². The summed E-state index contributed by atoms with van der Waals surface area (Å²) < 4.78 is 3.62. The molecule has 1 saturated heterocycles. The van der Waals surface area contributed by atoms with Gasteiger partial charge in [-0.1, -0.05) is 22.4 Å². The SMILES string of the molecule is Brc1ccc(SN2CCCCC2)cc1. The Balaban J connectivity index is 1.92. The van der Waals surface area contributed by atoms with E-state index in [0.29, 0.717) is 0 Å². The molecule has 0 N–H and O–H groups in total. The number of hydrogen-bond donors (Lipinski definition) is 0. The molecular weight excluding hydrogens is 258 g/mol. The quantitative estimate of drug-likeness (QED) is 0.750. The van der Waals surface area contributed by atoms with E-state index in [1.165, 1.54) is 37.2 Å². The molecule has 0 radical (unpaired) electrons. The highest BCUT2D eigenvalue weighted by atomic mass is 79.9. The second-order valence-electron chi connectivity index (χ2n) is 3.53. The summed E-state index contributed by atoms with van der Waals surface area (Å²) in [4.78, 5) is 1.34. The highest BCUT2D eigenvalue weighted by Gasteiger charge is 2.10. The van der Waals surface area contributed by atoms with Gasteiger partial charge in [-0.2, -0.15) is 0 Å². The second kappa shape index (κ2) is 5.19. The van der Waals surface area contributed by atoms with Crippen molar-refractivity contribution in [3.63, 3.8) is 0 Å². The molecule has 14 heavy (non-hydrogen) atoms. The van der Waals surface area contributed by atoms with Crippen molar-refractivity contribution in [2.45, 2.75) is 24.2 Å². The molecule has 0 atom stereocenters. The van der Waals surface area contributed by atoms with Gasteiger partial charge in [-0.15, -0.1) is 0 Å². The molecule has 1 nitrogen and oxygen atoms in total. The molecular formula is C11H14BrNS. The predicted octanol–water partition coefficient (Wildman–Crippen LogP) is 3.94. The first-order valence-corrected chi connectivity index (χ1v) is 6.60. The first kappa shape index (κ1) is 10.5. The maximum Gasteiger partial charge on any atom is 0.0231 e. The molecule has 76 valence electrons. The normalized spacial score (nSPS) is 18.4. The Bertz CT molecular complexity index is 280. The number of hydrogen-bond acceptors (Lipinski definition) is 2. The average molecular weight is 272 g/mol. The van der Waals surface area contributed by atoms with Crippen LogP contribution in [0.3, 0.4) is 0 Å². The number of rotatable bonds is 2. The van der Waals surface area contributed by atoms with E-state index < -0.39 is 0 Å². The number of piperidine rings is 1. The zero-order valence-corrected chi connectivity index (χ0v) is 10.5. The van der Waals surface area contributed by atoms with Crippen molar-refractivity contribution in [2.24, 2.45) is 0 Å². The monoisotopic (exact) mass is 271 g/mol. The molecule has 1 heterocycles. The number of benzene rings is 1. The first-order chi connectivity index (χ1) is 6.84. The third kappa shape index (κ3) is 3.01. The fraction of sp³-hybridized carbons (Fsp3) is 0.455. The fourth-order valence-electron chi connectivity index (χ4n) is 1.60. The lowest BCUT2D eigenvalue weighted by atomic mass is 10.2. The van der Waals surface area contributed by atoms with Crippen molar-refractivity contribution >= 4 is 27.9 Å². The Labute approximate surface area is 98.1 Å². The molecule has 0 aliphatic carbocycles. The second-order valence-corrected chi connectivity index (χ2v) is 5.62. The Morgan fingerprint density at radius 2 is 1.64 bits per heavy atom. The molecule has 0 unspecified atom stereocenters. The topological polar surface area (TPSA) is 3.24 Å². The van der Waals surface area contributed by atoms with Gasteiger partial charge in [-0.3, -0.25) is 0 Å². The third-order valence-corrected chi connectivity index (χ3v) is 4.00. The molecule has 0 aromatic heterocycles. The van der Waals surface area contributed by atoms with Crippen LogP contribution in [0.4, 0.5) is 0 Å². The average Bonchev–Trinajstić information content (AvgIpc) is 2.23. The lowest BCUT2D eigenvalue weighted by Gasteiger charge is -2.24. The standard InChI is InChI=1S/C11H14BrNS/c12-10-4-6-11(7-5-10)14-13-8-2-1-3-9-13/h4-7H,1-3,8-9H2. The maximum absolute atomic E-state index is 3.45. The van der Waals surface area contributed by atoms with E-state index >= 15 is 0 Å². The van der Waals surface area contributed by atoms with Crippen LogP contribution < -0.4 is 0 Å². The van der Waals surface area contributed by atoms with E-state index in [1.807, 2.05) is 11.9 Å². The van der Waals surface area contributed by atoms with Crippen molar-refractivity contribution in [1.82, 2.24) is 4.31 Å². The summed E-state index contributed by atoms with van der Waals surface area (Å²) >= 11 is 5.33. The molecule has 0 bridgehead atoms. The largest absolute Gasteiger partial charge is 0.246 e. The maximum atomic E-state index is 3.45. The summed E-state index contributed by atoms with van der Waals surface area (Å²) in [7, 11) is 0. The molecule has 1 fully saturated rings. The fourth-order valence-corrected chi connectivity index (χ4v) is 2.86. The first-order valence-electron chi connectivity index (χ1n) is 5.03. The highest BCUT2D eigenvalue weighted by molar-refractivity contribution is 9.10. The van der Waals surface area contributed by atoms with E-state index in [2.05, 4.69) is 44.5 Å². The summed E-state index contributed by atoms with van der Waals surface area (Å²) in [5.41, 5.74) is 0. The molecule has 3 heteroatoms. The zero-order valence-electron chi connectivity index (χ0n) is 8.08. The Morgan fingerprint density at radius 1 is 1.00 bits per heavy atom. The van der Waals surface area contributed by atoms with Gasteiger partial charge in [0.05, 0.1) is 0 Å². The van der Waals surface area contributed by atoms with Crippen molar-refractivity contribution < 1.29 is 0 Å². The van der Waals surface area contributed by atoms with E-state index in [1.54, 1.807) is 0 Å². The molecule has 1 aromatic carbocycles. The van der Waals surface area contributed by atoms with Gasteiger partial charge in [-0.25, -0.2) is 4.31 Å². The van der Waals surface area contributed by atoms with Gasteiger partial charge < -0.3 is 0 Å². The van der Waals surface area contributed by atoms with E-state index in [4.69, 9.17) is 0 Å². The predicted molar refractivity (Wildman–Crippen MR) is 65.4 cm³/mol. The molecule has 1 aliphatic rings. The number of halogens is 1. The summed E-state index contributed by atoms with van der Waals surface area (Å²) in [5, 5.41) is 0. The van der Waals surface area contributed by atoms with Crippen LogP contribution in [-0.2, 0) is 0 Å². The van der Waals surface area contributed by atoms with Crippen LogP contribution in [0.5, 0.6) is 0 Å². The van der Waals surface area contributed by atoms with Crippen LogP contribution in [-0.4, -0.2) is 17.4 Å². The van der Waals surface area contributed by atoms with Gasteiger partial charge in [0.25, 0.3) is 0 Å². The van der Waals surface area contributed by atoms with Crippen LogP contribution in [0, 0.1) is 0 Å². The Kier molecular flexibility index (Phi) is 3.90. The van der Waals surface area contributed by atoms with Gasteiger partial charge in [0.2, 0.25) is 0 Å². The van der Waals surface area contributed by atoms with Crippen molar-refractivity contribution in [1.29, 1.82) is 0 Å². The minimum absolute atomic E-state index is 1.15.